The molecule has 0 aromatic heterocycles. The maximum absolute atomic E-state index is 5.77. The van der Waals surface area contributed by atoms with Gasteiger partial charge in [0.15, 0.2) is 0 Å². The molecule has 1 N–H and O–H groups in total. The maximum Gasteiger partial charge on any atom is 0.0702 e. The summed E-state index contributed by atoms with van der Waals surface area (Å²) < 4.78 is 11.4. The first-order chi connectivity index (χ1) is 9.76. The Hall–Kier alpha value is -0.160. The van der Waals surface area contributed by atoms with Crippen LogP contribution in [0.4, 0.5) is 0 Å². The van der Waals surface area contributed by atoms with E-state index in [1.165, 1.54) is 45.1 Å². The minimum atomic E-state index is 0.411. The van der Waals surface area contributed by atoms with E-state index in [0.717, 1.165) is 39.0 Å². The summed E-state index contributed by atoms with van der Waals surface area (Å²) in [6.45, 7) is 6.25. The lowest BCUT2D eigenvalue weighted by atomic mass is 9.79. The monoisotopic (exact) mass is 282 g/mol. The van der Waals surface area contributed by atoms with Gasteiger partial charge in [0, 0.05) is 45.5 Å². The Balaban J connectivity index is 1.50. The topological polar surface area (TPSA) is 33.7 Å². The van der Waals surface area contributed by atoms with Gasteiger partial charge in [0.25, 0.3) is 0 Å². The molecule has 1 unspecified atom stereocenters. The molecule has 0 amide bonds. The van der Waals surface area contributed by atoms with Crippen LogP contribution in [-0.4, -0.2) is 63.5 Å². The van der Waals surface area contributed by atoms with Crippen molar-refractivity contribution in [2.75, 3.05) is 46.5 Å². The van der Waals surface area contributed by atoms with E-state index in [9.17, 15) is 0 Å². The van der Waals surface area contributed by atoms with Crippen LogP contribution in [0.3, 0.4) is 0 Å². The normalized spacial score (nSPS) is 30.0. The third kappa shape index (κ3) is 4.17. The highest BCUT2D eigenvalue weighted by atomic mass is 16.5. The minimum Gasteiger partial charge on any atom is -0.381 e. The van der Waals surface area contributed by atoms with E-state index in [1.807, 2.05) is 0 Å². The molecule has 3 rings (SSSR count). The Bertz CT molecular complexity index is 295. The Labute approximate surface area is 123 Å². The molecule has 2 aliphatic heterocycles. The van der Waals surface area contributed by atoms with Gasteiger partial charge >= 0.3 is 0 Å². The number of rotatable bonds is 7. The lowest BCUT2D eigenvalue weighted by Crippen LogP contribution is -2.48. The summed E-state index contributed by atoms with van der Waals surface area (Å²) in [6.07, 6.45) is 8.08. The molecule has 116 valence electrons. The van der Waals surface area contributed by atoms with Gasteiger partial charge in [-0.1, -0.05) is 0 Å². The predicted octanol–water partition coefficient (Wildman–Crippen LogP) is 1.65. The fourth-order valence-electron chi connectivity index (χ4n) is 3.62. The molecule has 0 radical (unpaired) electrons. The van der Waals surface area contributed by atoms with Crippen molar-refractivity contribution in [2.24, 2.45) is 5.41 Å². The third-order valence-electron chi connectivity index (χ3n) is 5.04. The van der Waals surface area contributed by atoms with E-state index in [2.05, 4.69) is 17.3 Å². The van der Waals surface area contributed by atoms with Gasteiger partial charge < -0.3 is 19.7 Å². The van der Waals surface area contributed by atoms with Crippen LogP contribution in [0, 0.1) is 5.41 Å². The molecule has 1 saturated carbocycles. The van der Waals surface area contributed by atoms with E-state index in [-0.39, 0.29) is 0 Å². The smallest absolute Gasteiger partial charge is 0.0702 e. The van der Waals surface area contributed by atoms with Crippen molar-refractivity contribution in [3.8, 4) is 0 Å². The van der Waals surface area contributed by atoms with E-state index >= 15 is 0 Å². The lowest BCUT2D eigenvalue weighted by Gasteiger charge is -2.40. The van der Waals surface area contributed by atoms with Crippen molar-refractivity contribution in [1.29, 1.82) is 0 Å². The van der Waals surface area contributed by atoms with Crippen molar-refractivity contribution >= 4 is 0 Å². The number of likely N-dealkylation sites (N-methyl/N-ethyl adjacent to an activating group) is 1. The molecule has 4 heteroatoms. The van der Waals surface area contributed by atoms with E-state index in [0.29, 0.717) is 11.5 Å². The summed E-state index contributed by atoms with van der Waals surface area (Å²) in [7, 11) is 2.26. The average Bonchev–Trinajstić information content (AvgIpc) is 3.15. The average molecular weight is 282 g/mol. The first-order valence-electron chi connectivity index (χ1n) is 8.37. The van der Waals surface area contributed by atoms with Gasteiger partial charge in [-0.05, 0) is 51.0 Å². The molecular formula is C16H30N2O2. The molecule has 3 fully saturated rings. The summed E-state index contributed by atoms with van der Waals surface area (Å²) >= 11 is 0. The number of ether oxygens (including phenoxy) is 2. The zero-order valence-corrected chi connectivity index (χ0v) is 12.9. The quantitative estimate of drug-likeness (QED) is 0.770. The Morgan fingerprint density at radius 3 is 2.60 bits per heavy atom. The summed E-state index contributed by atoms with van der Waals surface area (Å²) in [5, 5.41) is 3.75. The molecule has 2 heterocycles. The Kier molecular flexibility index (Phi) is 4.97. The second-order valence-electron chi connectivity index (χ2n) is 7.10. The van der Waals surface area contributed by atoms with E-state index in [1.54, 1.807) is 0 Å². The maximum atomic E-state index is 5.77. The molecule has 1 atom stereocenters. The fraction of sp³-hybridized carbons (Fsp3) is 1.00. The fourth-order valence-corrected chi connectivity index (χ4v) is 3.62. The number of nitrogens with zero attached hydrogens (tertiary/aromatic N) is 1. The van der Waals surface area contributed by atoms with Gasteiger partial charge in [-0.2, -0.15) is 0 Å². The molecule has 4 nitrogen and oxygen atoms in total. The van der Waals surface area contributed by atoms with Crippen molar-refractivity contribution in [3.63, 3.8) is 0 Å². The minimum absolute atomic E-state index is 0.411. The van der Waals surface area contributed by atoms with Crippen LogP contribution in [0.25, 0.3) is 0 Å². The number of nitrogens with one attached hydrogen (secondary N) is 1. The molecule has 3 aliphatic rings. The van der Waals surface area contributed by atoms with Crippen LogP contribution in [0.1, 0.15) is 38.5 Å². The van der Waals surface area contributed by atoms with Gasteiger partial charge in [-0.25, -0.2) is 0 Å². The zero-order valence-electron chi connectivity index (χ0n) is 12.9. The van der Waals surface area contributed by atoms with Crippen LogP contribution in [0.15, 0.2) is 0 Å². The number of hydrogen-bond acceptors (Lipinski definition) is 4. The predicted molar refractivity (Wildman–Crippen MR) is 80.0 cm³/mol. The lowest BCUT2D eigenvalue weighted by molar-refractivity contribution is -0.00866. The molecule has 0 aromatic carbocycles. The zero-order chi connectivity index (χ0) is 13.8. The molecule has 2 saturated heterocycles. The first kappa shape index (κ1) is 14.8. The van der Waals surface area contributed by atoms with Gasteiger partial charge in [0.1, 0.15) is 0 Å². The third-order valence-corrected chi connectivity index (χ3v) is 5.04. The molecule has 0 spiro atoms. The summed E-state index contributed by atoms with van der Waals surface area (Å²) in [5.74, 6) is 0. The van der Waals surface area contributed by atoms with Gasteiger partial charge in [0.05, 0.1) is 6.10 Å². The highest BCUT2D eigenvalue weighted by Gasteiger charge is 2.36. The highest BCUT2D eigenvalue weighted by molar-refractivity contribution is 4.91. The van der Waals surface area contributed by atoms with Gasteiger partial charge in [-0.3, -0.25) is 0 Å². The Morgan fingerprint density at radius 2 is 1.95 bits per heavy atom. The van der Waals surface area contributed by atoms with Crippen molar-refractivity contribution < 1.29 is 9.47 Å². The van der Waals surface area contributed by atoms with Crippen LogP contribution < -0.4 is 5.32 Å². The molecule has 0 bridgehead atoms. The number of hydrogen-bond donors (Lipinski definition) is 1. The molecule has 1 aliphatic carbocycles. The van der Waals surface area contributed by atoms with E-state index in [4.69, 9.17) is 9.47 Å². The van der Waals surface area contributed by atoms with Crippen molar-refractivity contribution in [2.45, 2.75) is 50.7 Å². The standard InChI is InChI=1S/C16H30N2O2/c1-18(11-15-3-2-8-20-15)13-16(6-9-19-10-7-16)12-17-14-4-5-14/h14-15,17H,2-13H2,1H3. The molecule has 20 heavy (non-hydrogen) atoms. The Morgan fingerprint density at radius 1 is 1.15 bits per heavy atom. The van der Waals surface area contributed by atoms with Crippen molar-refractivity contribution in [3.05, 3.63) is 0 Å². The largest absolute Gasteiger partial charge is 0.381 e. The van der Waals surface area contributed by atoms with Crippen LogP contribution >= 0.6 is 0 Å². The second kappa shape index (κ2) is 6.73. The van der Waals surface area contributed by atoms with Gasteiger partial charge in [0.2, 0.25) is 0 Å². The van der Waals surface area contributed by atoms with Crippen molar-refractivity contribution in [1.82, 2.24) is 10.2 Å². The molecule has 0 aromatic rings. The SMILES string of the molecule is CN(CC1CCCO1)CC1(CNC2CC2)CCOCC1. The van der Waals surface area contributed by atoms with E-state index < -0.39 is 0 Å². The summed E-state index contributed by atoms with van der Waals surface area (Å²) in [6, 6.07) is 0.804. The van der Waals surface area contributed by atoms with Crippen LogP contribution in [0.2, 0.25) is 0 Å². The summed E-state index contributed by atoms with van der Waals surface area (Å²) in [5.41, 5.74) is 0.411. The molecular weight excluding hydrogens is 252 g/mol. The van der Waals surface area contributed by atoms with Crippen LogP contribution in [-0.2, 0) is 9.47 Å². The second-order valence-corrected chi connectivity index (χ2v) is 7.10. The summed E-state index contributed by atoms with van der Waals surface area (Å²) in [4.78, 5) is 2.50. The van der Waals surface area contributed by atoms with Crippen LogP contribution in [0.5, 0.6) is 0 Å². The van der Waals surface area contributed by atoms with Gasteiger partial charge in [-0.15, -0.1) is 0 Å². The highest BCUT2D eigenvalue weighted by Crippen LogP contribution is 2.32. The first-order valence-corrected chi connectivity index (χ1v) is 8.37.